The summed E-state index contributed by atoms with van der Waals surface area (Å²) in [5.41, 5.74) is -0.554. The molecule has 4 rings (SSSR count). The van der Waals surface area contributed by atoms with E-state index >= 15 is 0 Å². The van der Waals surface area contributed by atoms with Crippen LogP contribution in [0.2, 0.25) is 5.02 Å². The van der Waals surface area contributed by atoms with E-state index in [1.54, 1.807) is 42.5 Å². The molecule has 2 atom stereocenters. The van der Waals surface area contributed by atoms with Crippen molar-refractivity contribution < 1.29 is 37.1 Å². The minimum Gasteiger partial charge on any atom is -0.453 e. The van der Waals surface area contributed by atoms with Crippen molar-refractivity contribution in [3.63, 3.8) is 0 Å². The first-order valence-electron chi connectivity index (χ1n) is 10.8. The Morgan fingerprint density at radius 3 is 2.35 bits per heavy atom. The SMILES string of the molecule is O=C(Nc1ccc(Cl)c(C(F)(F)F)c1)C(=O)[C@H](C(=O)/C=C\c1ccccc1)[C@H]1OC(=O)c2ccccc21. The van der Waals surface area contributed by atoms with Crippen molar-refractivity contribution in [2.24, 2.45) is 5.92 Å². The Kier molecular flexibility index (Phi) is 7.26. The van der Waals surface area contributed by atoms with Crippen LogP contribution >= 0.6 is 11.6 Å². The first-order valence-corrected chi connectivity index (χ1v) is 11.2. The molecule has 0 bridgehead atoms. The summed E-state index contributed by atoms with van der Waals surface area (Å²) in [6.45, 7) is 0. The Balaban J connectivity index is 1.66. The normalized spacial score (nSPS) is 15.7. The highest BCUT2D eigenvalue weighted by Crippen LogP contribution is 2.38. The van der Waals surface area contributed by atoms with E-state index in [1.165, 1.54) is 18.2 Å². The molecule has 1 heterocycles. The van der Waals surface area contributed by atoms with Gasteiger partial charge in [0.1, 0.15) is 12.0 Å². The number of halogens is 4. The number of cyclic esters (lactones) is 1. The molecule has 37 heavy (non-hydrogen) atoms. The third-order valence-corrected chi connectivity index (χ3v) is 5.94. The lowest BCUT2D eigenvalue weighted by Crippen LogP contribution is -2.37. The molecule has 0 saturated carbocycles. The Hall–Kier alpha value is -4.24. The van der Waals surface area contributed by atoms with Gasteiger partial charge in [-0.3, -0.25) is 14.4 Å². The topological polar surface area (TPSA) is 89.5 Å². The molecule has 188 valence electrons. The van der Waals surface area contributed by atoms with Crippen LogP contribution in [-0.2, 0) is 25.3 Å². The molecule has 0 saturated heterocycles. The maximum atomic E-state index is 13.2. The fourth-order valence-electron chi connectivity index (χ4n) is 3.84. The van der Waals surface area contributed by atoms with Gasteiger partial charge in [-0.15, -0.1) is 0 Å². The van der Waals surface area contributed by atoms with E-state index in [-0.39, 0.29) is 16.8 Å². The molecule has 10 heteroatoms. The second-order valence-electron chi connectivity index (χ2n) is 8.05. The number of carbonyl (C=O) groups excluding carboxylic acids is 4. The lowest BCUT2D eigenvalue weighted by molar-refractivity contribution is -0.143. The van der Waals surface area contributed by atoms with E-state index in [9.17, 15) is 32.3 Å². The fourth-order valence-corrected chi connectivity index (χ4v) is 4.06. The van der Waals surface area contributed by atoms with Crippen molar-refractivity contribution in [3.05, 3.63) is 106 Å². The van der Waals surface area contributed by atoms with Crippen LogP contribution in [0.1, 0.15) is 33.2 Å². The maximum Gasteiger partial charge on any atom is 0.417 e. The van der Waals surface area contributed by atoms with Crippen molar-refractivity contribution in [2.45, 2.75) is 12.3 Å². The first-order chi connectivity index (χ1) is 17.6. The van der Waals surface area contributed by atoms with Gasteiger partial charge in [-0.1, -0.05) is 66.2 Å². The number of Topliss-reactive ketones (excluding diaryl/α,β-unsaturated/α-hetero) is 1. The standard InChI is InChI=1S/C27H17ClF3NO5/c28-20-12-11-16(14-19(20)27(29,30)31)32-25(35)23(34)22(21(33)13-10-15-6-2-1-3-7-15)24-17-8-4-5-9-18(17)26(36)37-24/h1-14,22,24H,(H,32,35)/b13-10-/t22-,24-/m0/s1. The highest BCUT2D eigenvalue weighted by Gasteiger charge is 2.45. The number of ketones is 2. The zero-order valence-corrected chi connectivity index (χ0v) is 19.5. The number of esters is 1. The second-order valence-corrected chi connectivity index (χ2v) is 8.46. The summed E-state index contributed by atoms with van der Waals surface area (Å²) < 4.78 is 44.9. The number of nitrogens with one attached hydrogen (secondary N) is 1. The van der Waals surface area contributed by atoms with E-state index in [1.807, 2.05) is 0 Å². The second kappa shape index (κ2) is 10.4. The highest BCUT2D eigenvalue weighted by atomic mass is 35.5. The van der Waals surface area contributed by atoms with Crippen LogP contribution in [-0.4, -0.2) is 23.4 Å². The molecule has 6 nitrogen and oxygen atoms in total. The van der Waals surface area contributed by atoms with E-state index < -0.39 is 52.2 Å². The summed E-state index contributed by atoms with van der Waals surface area (Å²) in [4.78, 5) is 51.6. The maximum absolute atomic E-state index is 13.2. The molecule has 3 aromatic rings. The predicted molar refractivity (Wildman–Crippen MR) is 129 cm³/mol. The number of carbonyl (C=O) groups is 4. The third-order valence-electron chi connectivity index (χ3n) is 5.61. The Morgan fingerprint density at radius 2 is 1.65 bits per heavy atom. The minimum atomic E-state index is -4.80. The molecule has 0 aliphatic carbocycles. The number of anilines is 1. The largest absolute Gasteiger partial charge is 0.453 e. The summed E-state index contributed by atoms with van der Waals surface area (Å²) in [6.07, 6.45) is -3.68. The van der Waals surface area contributed by atoms with Gasteiger partial charge in [0, 0.05) is 11.3 Å². The van der Waals surface area contributed by atoms with Crippen molar-refractivity contribution in [2.75, 3.05) is 5.32 Å². The van der Waals surface area contributed by atoms with Gasteiger partial charge in [0.05, 0.1) is 16.1 Å². The Bertz CT molecular complexity index is 1420. The fraction of sp³-hybridized carbons (Fsp3) is 0.111. The Morgan fingerprint density at radius 1 is 0.973 bits per heavy atom. The average molecular weight is 528 g/mol. The quantitative estimate of drug-likeness (QED) is 0.185. The van der Waals surface area contributed by atoms with Gasteiger partial charge in [-0.05, 0) is 35.9 Å². The molecule has 1 amide bonds. The van der Waals surface area contributed by atoms with E-state index in [0.717, 1.165) is 18.2 Å². The molecule has 1 aliphatic rings. The lowest BCUT2D eigenvalue weighted by atomic mass is 9.87. The molecule has 1 N–H and O–H groups in total. The third kappa shape index (κ3) is 5.62. The molecule has 3 aromatic carbocycles. The van der Waals surface area contributed by atoms with Gasteiger partial charge in [0.25, 0.3) is 5.91 Å². The van der Waals surface area contributed by atoms with Crippen molar-refractivity contribution in [1.29, 1.82) is 0 Å². The number of amides is 1. The summed E-state index contributed by atoms with van der Waals surface area (Å²) >= 11 is 5.60. The van der Waals surface area contributed by atoms with Crippen molar-refractivity contribution >= 4 is 46.8 Å². The molecule has 1 aliphatic heterocycles. The van der Waals surface area contributed by atoms with Gasteiger partial charge in [-0.2, -0.15) is 13.2 Å². The van der Waals surface area contributed by atoms with Crippen molar-refractivity contribution in [1.82, 2.24) is 0 Å². The van der Waals surface area contributed by atoms with Gasteiger partial charge in [0.2, 0.25) is 5.78 Å². The van der Waals surface area contributed by atoms with Crippen LogP contribution in [0, 0.1) is 5.92 Å². The van der Waals surface area contributed by atoms with E-state index in [0.29, 0.717) is 11.6 Å². The van der Waals surface area contributed by atoms with Crippen LogP contribution in [0.25, 0.3) is 6.08 Å². The number of allylic oxidation sites excluding steroid dienone is 1. The number of alkyl halides is 3. The smallest absolute Gasteiger partial charge is 0.417 e. The molecule has 0 fully saturated rings. The molecule has 0 aromatic heterocycles. The molecule has 0 spiro atoms. The lowest BCUT2D eigenvalue weighted by Gasteiger charge is -2.20. The number of benzene rings is 3. The minimum absolute atomic E-state index is 0.137. The number of hydrogen-bond donors (Lipinski definition) is 1. The van der Waals surface area contributed by atoms with E-state index in [2.05, 4.69) is 5.32 Å². The van der Waals surface area contributed by atoms with Crippen molar-refractivity contribution in [3.8, 4) is 0 Å². The molecule has 0 radical (unpaired) electrons. The van der Waals surface area contributed by atoms with Gasteiger partial charge in [0.15, 0.2) is 5.78 Å². The van der Waals surface area contributed by atoms with Crippen LogP contribution in [0.4, 0.5) is 18.9 Å². The summed E-state index contributed by atoms with van der Waals surface area (Å²) in [6, 6.07) is 17.3. The monoisotopic (exact) mass is 527 g/mol. The highest BCUT2D eigenvalue weighted by molar-refractivity contribution is 6.45. The summed E-state index contributed by atoms with van der Waals surface area (Å²) in [7, 11) is 0. The summed E-state index contributed by atoms with van der Waals surface area (Å²) in [5.74, 6) is -6.03. The number of fused-ring (bicyclic) bond motifs is 1. The zero-order chi connectivity index (χ0) is 26.7. The zero-order valence-electron chi connectivity index (χ0n) is 18.8. The van der Waals surface area contributed by atoms with Gasteiger partial charge >= 0.3 is 12.1 Å². The molecule has 0 unspecified atom stereocenters. The van der Waals surface area contributed by atoms with Crippen LogP contribution in [0.3, 0.4) is 0 Å². The number of rotatable bonds is 7. The van der Waals surface area contributed by atoms with Crippen LogP contribution < -0.4 is 5.32 Å². The van der Waals surface area contributed by atoms with Crippen LogP contribution in [0.15, 0.2) is 78.9 Å². The summed E-state index contributed by atoms with van der Waals surface area (Å²) in [5, 5.41) is 1.49. The number of hydrogen-bond acceptors (Lipinski definition) is 5. The van der Waals surface area contributed by atoms with Gasteiger partial charge in [-0.25, -0.2) is 4.79 Å². The first kappa shape index (κ1) is 25.8. The van der Waals surface area contributed by atoms with Crippen LogP contribution in [0.5, 0.6) is 0 Å². The van der Waals surface area contributed by atoms with E-state index in [4.69, 9.17) is 16.3 Å². The number of ether oxygens (including phenoxy) is 1. The predicted octanol–water partition coefficient (Wildman–Crippen LogP) is 5.68. The Labute approximate surface area is 213 Å². The van der Waals surface area contributed by atoms with Gasteiger partial charge < -0.3 is 10.1 Å². The average Bonchev–Trinajstić information content (AvgIpc) is 3.20. The molecular weight excluding hydrogens is 511 g/mol. The molecular formula is C27H17ClF3NO5.